The number of hydrogen-bond donors (Lipinski definition) is 1. The Morgan fingerprint density at radius 3 is 2.79 bits per heavy atom. The molecule has 0 saturated carbocycles. The van der Waals surface area contributed by atoms with E-state index in [1.54, 1.807) is 11.8 Å². The smallest absolute Gasteiger partial charge is 0.307 e. The Hall–Kier alpha value is -2.03. The molecule has 0 spiro atoms. The molecule has 2 aromatic carbocycles. The van der Waals surface area contributed by atoms with E-state index in [9.17, 15) is 13.2 Å². The van der Waals surface area contributed by atoms with E-state index in [-0.39, 0.29) is 24.7 Å². The van der Waals surface area contributed by atoms with E-state index in [0.29, 0.717) is 13.0 Å². The number of ether oxygens (including phenoxy) is 1. The average Bonchev–Trinajstić information content (AvgIpc) is 3.02. The van der Waals surface area contributed by atoms with E-state index in [1.165, 1.54) is 9.20 Å². The van der Waals surface area contributed by atoms with Gasteiger partial charge in [0.1, 0.15) is 6.10 Å². The summed E-state index contributed by atoms with van der Waals surface area (Å²) in [4.78, 5) is 14.5. The third kappa shape index (κ3) is 4.04. The third-order valence-electron chi connectivity index (χ3n) is 4.93. The molecule has 0 radical (unpaired) electrons. The van der Waals surface area contributed by atoms with Crippen molar-refractivity contribution in [2.75, 3.05) is 24.2 Å². The molecular formula is C20H22N2O4S2. The number of rotatable bonds is 5. The van der Waals surface area contributed by atoms with Crippen LogP contribution in [0.3, 0.4) is 0 Å². The van der Waals surface area contributed by atoms with Crippen LogP contribution in [0.25, 0.3) is 0 Å². The maximum atomic E-state index is 12.2. The number of hydrogen-bond acceptors (Lipinski definition) is 6. The third-order valence-corrected chi connectivity index (χ3v) is 8.03. The zero-order chi connectivity index (χ0) is 19.7. The molecule has 4 rings (SSSR count). The van der Waals surface area contributed by atoms with Crippen LogP contribution in [0.2, 0.25) is 0 Å². The monoisotopic (exact) mass is 418 g/mol. The molecule has 1 unspecified atom stereocenters. The fourth-order valence-corrected chi connectivity index (χ4v) is 5.89. The van der Waals surface area contributed by atoms with Gasteiger partial charge in [0.2, 0.25) is 10.0 Å². The van der Waals surface area contributed by atoms with Gasteiger partial charge >= 0.3 is 5.97 Å². The summed E-state index contributed by atoms with van der Waals surface area (Å²) in [5.41, 5.74) is 2.95. The van der Waals surface area contributed by atoms with E-state index in [2.05, 4.69) is 11.4 Å². The number of nitrogens with zero attached hydrogens (tertiary/aromatic N) is 1. The van der Waals surface area contributed by atoms with Gasteiger partial charge in [0.15, 0.2) is 0 Å². The first-order chi connectivity index (χ1) is 13.4. The summed E-state index contributed by atoms with van der Waals surface area (Å²) in [6.07, 6.45) is 0.282. The fourth-order valence-electron chi connectivity index (χ4n) is 3.39. The molecule has 8 heteroatoms. The van der Waals surface area contributed by atoms with Gasteiger partial charge < -0.3 is 10.1 Å². The van der Waals surface area contributed by atoms with Crippen LogP contribution in [0, 0.1) is 0 Å². The molecule has 148 valence electrons. The molecular weight excluding hydrogens is 396 g/mol. The van der Waals surface area contributed by atoms with Gasteiger partial charge in [-0.3, -0.25) is 4.79 Å². The lowest BCUT2D eigenvalue weighted by molar-refractivity contribution is -0.148. The molecule has 1 atom stereocenters. The molecule has 0 amide bonds. The van der Waals surface area contributed by atoms with E-state index in [4.69, 9.17) is 4.74 Å². The minimum absolute atomic E-state index is 0.0655. The van der Waals surface area contributed by atoms with E-state index in [0.717, 1.165) is 21.8 Å². The average molecular weight is 419 g/mol. The van der Waals surface area contributed by atoms with Crippen molar-refractivity contribution in [2.45, 2.75) is 35.7 Å². The first-order valence-electron chi connectivity index (χ1n) is 9.27. The summed E-state index contributed by atoms with van der Waals surface area (Å²) >= 11 is 1.71. The van der Waals surface area contributed by atoms with Crippen molar-refractivity contribution in [1.29, 1.82) is 0 Å². The van der Waals surface area contributed by atoms with Crippen molar-refractivity contribution < 1.29 is 17.9 Å². The Labute approximate surface area is 169 Å². The highest BCUT2D eigenvalue weighted by Crippen LogP contribution is 2.44. The van der Waals surface area contributed by atoms with Gasteiger partial charge in [-0.25, -0.2) is 12.7 Å². The molecule has 1 fully saturated rings. The van der Waals surface area contributed by atoms with Gasteiger partial charge in [-0.2, -0.15) is 0 Å². The minimum Gasteiger partial charge on any atom is -0.458 e. The number of sulfonamides is 1. The molecule has 1 saturated heterocycles. The Morgan fingerprint density at radius 2 is 2.00 bits per heavy atom. The molecule has 1 N–H and O–H groups in total. The summed E-state index contributed by atoms with van der Waals surface area (Å²) in [6.45, 7) is 2.50. The van der Waals surface area contributed by atoms with Crippen molar-refractivity contribution in [3.05, 3.63) is 48.0 Å². The minimum atomic E-state index is -3.18. The molecule has 2 aromatic rings. The summed E-state index contributed by atoms with van der Waals surface area (Å²) in [7, 11) is -3.18. The number of fused-ring (bicyclic) bond motifs is 2. The second-order valence-corrected chi connectivity index (χ2v) is 10.1. The van der Waals surface area contributed by atoms with E-state index < -0.39 is 16.1 Å². The number of benzene rings is 2. The lowest BCUT2D eigenvalue weighted by atomic mass is 10.1. The first-order valence-corrected chi connectivity index (χ1v) is 11.7. The highest BCUT2D eigenvalue weighted by molar-refractivity contribution is 7.99. The van der Waals surface area contributed by atoms with Crippen LogP contribution in [0.1, 0.15) is 31.4 Å². The number of carbonyl (C=O) groups is 1. The molecule has 2 aliphatic heterocycles. The van der Waals surface area contributed by atoms with Gasteiger partial charge in [0.05, 0.1) is 23.5 Å². The van der Waals surface area contributed by atoms with Crippen LogP contribution < -0.4 is 5.32 Å². The topological polar surface area (TPSA) is 75.7 Å². The predicted molar refractivity (Wildman–Crippen MR) is 109 cm³/mol. The second kappa shape index (κ2) is 7.77. The van der Waals surface area contributed by atoms with Crippen LogP contribution >= 0.6 is 11.8 Å². The SMILES string of the molecule is CC(OC(=O)CCN1CCCS1(=O)=O)c1ccc2c(c1)Nc1ccccc1S2. The van der Waals surface area contributed by atoms with Crippen molar-refractivity contribution in [1.82, 2.24) is 4.31 Å². The summed E-state index contributed by atoms with van der Waals surface area (Å²) in [5, 5.41) is 3.43. The van der Waals surface area contributed by atoms with Crippen molar-refractivity contribution in [3.63, 3.8) is 0 Å². The maximum Gasteiger partial charge on any atom is 0.307 e. The highest BCUT2D eigenvalue weighted by Gasteiger charge is 2.28. The van der Waals surface area contributed by atoms with Crippen LogP contribution in [0.4, 0.5) is 11.4 Å². The first kappa shape index (κ1) is 19.3. The zero-order valence-corrected chi connectivity index (χ0v) is 17.2. The van der Waals surface area contributed by atoms with Crippen molar-refractivity contribution >= 4 is 39.1 Å². The summed E-state index contributed by atoms with van der Waals surface area (Å²) < 4.78 is 30.5. The number of nitrogens with one attached hydrogen (secondary N) is 1. The molecule has 6 nitrogen and oxygen atoms in total. The molecule has 28 heavy (non-hydrogen) atoms. The van der Waals surface area contributed by atoms with Crippen LogP contribution in [-0.2, 0) is 19.6 Å². The van der Waals surface area contributed by atoms with Crippen LogP contribution in [0.5, 0.6) is 0 Å². The van der Waals surface area contributed by atoms with E-state index >= 15 is 0 Å². The standard InChI is InChI=1S/C20H22N2O4S2/c1-14(26-20(23)9-11-22-10-4-12-28(22,24)25)15-7-8-19-17(13-15)21-16-5-2-3-6-18(16)27-19/h2-3,5-8,13-14,21H,4,9-12H2,1H3. The van der Waals surface area contributed by atoms with Crippen molar-refractivity contribution in [2.24, 2.45) is 0 Å². The Bertz CT molecular complexity index is 1010. The quantitative estimate of drug-likeness (QED) is 0.633. The lowest BCUT2D eigenvalue weighted by Gasteiger charge is -2.22. The molecule has 2 heterocycles. The van der Waals surface area contributed by atoms with Crippen LogP contribution in [0.15, 0.2) is 52.3 Å². The number of esters is 1. The fraction of sp³-hybridized carbons (Fsp3) is 0.350. The van der Waals surface area contributed by atoms with Gasteiger partial charge in [0.25, 0.3) is 0 Å². The predicted octanol–water partition coefficient (Wildman–Crippen LogP) is 3.92. The molecule has 2 aliphatic rings. The normalized spacial score (nSPS) is 18.6. The van der Waals surface area contributed by atoms with Gasteiger partial charge in [-0.1, -0.05) is 30.0 Å². The molecule has 0 aliphatic carbocycles. The largest absolute Gasteiger partial charge is 0.458 e. The highest BCUT2D eigenvalue weighted by atomic mass is 32.2. The molecule has 0 aromatic heterocycles. The van der Waals surface area contributed by atoms with E-state index in [1.807, 2.05) is 43.3 Å². The second-order valence-electron chi connectivity index (χ2n) is 6.93. The van der Waals surface area contributed by atoms with Crippen LogP contribution in [-0.4, -0.2) is 37.5 Å². The lowest BCUT2D eigenvalue weighted by Crippen LogP contribution is -2.28. The maximum absolute atomic E-state index is 12.2. The number of anilines is 2. The summed E-state index contributed by atoms with van der Waals surface area (Å²) in [5.74, 6) is -0.221. The Morgan fingerprint density at radius 1 is 1.21 bits per heavy atom. The van der Waals surface area contributed by atoms with Gasteiger partial charge in [0, 0.05) is 22.9 Å². The Kier molecular flexibility index (Phi) is 5.35. The zero-order valence-electron chi connectivity index (χ0n) is 15.6. The number of para-hydroxylation sites is 1. The van der Waals surface area contributed by atoms with Gasteiger partial charge in [-0.05, 0) is 43.2 Å². The van der Waals surface area contributed by atoms with Crippen molar-refractivity contribution in [3.8, 4) is 0 Å². The molecule has 0 bridgehead atoms. The van der Waals surface area contributed by atoms with Gasteiger partial charge in [-0.15, -0.1) is 0 Å². The Balaban J connectivity index is 1.38. The summed E-state index contributed by atoms with van der Waals surface area (Å²) in [6, 6.07) is 14.1. The number of carbonyl (C=O) groups excluding carboxylic acids is 1.